The van der Waals surface area contributed by atoms with E-state index in [4.69, 9.17) is 0 Å². The van der Waals surface area contributed by atoms with Crippen LogP contribution in [-0.2, 0) is 4.79 Å². The number of ether oxygens (including phenoxy) is 1. The van der Waals surface area contributed by atoms with Gasteiger partial charge in [0.05, 0.1) is 0 Å². The number of halogens is 3. The number of hydrogen-bond acceptors (Lipinski definition) is 4. The first-order valence-electron chi connectivity index (χ1n) is 8.25. The van der Waals surface area contributed by atoms with Crippen molar-refractivity contribution in [2.45, 2.75) is 13.3 Å². The van der Waals surface area contributed by atoms with E-state index in [1.54, 1.807) is 18.3 Å². The number of alkyl halides is 3. The van der Waals surface area contributed by atoms with Crippen LogP contribution < -0.4 is 15.4 Å². The average molecular weight is 387 g/mol. The predicted molar refractivity (Wildman–Crippen MR) is 100 cm³/mol. The highest BCUT2D eigenvalue weighted by atomic mass is 19.4. The Bertz CT molecular complexity index is 956. The zero-order valence-corrected chi connectivity index (χ0v) is 14.7. The minimum atomic E-state index is -4.72. The number of anilines is 3. The molecule has 0 bridgehead atoms. The Morgan fingerprint density at radius 3 is 2.32 bits per heavy atom. The molecule has 0 fully saturated rings. The smallest absolute Gasteiger partial charge is 0.406 e. The Kier molecular flexibility index (Phi) is 5.49. The van der Waals surface area contributed by atoms with Crippen molar-refractivity contribution < 1.29 is 22.7 Å². The molecule has 144 valence electrons. The van der Waals surface area contributed by atoms with Gasteiger partial charge in [0.15, 0.2) is 0 Å². The molecule has 0 radical (unpaired) electrons. The van der Waals surface area contributed by atoms with E-state index >= 15 is 0 Å². The zero-order chi connectivity index (χ0) is 20.1. The number of benzene rings is 2. The van der Waals surface area contributed by atoms with E-state index in [-0.39, 0.29) is 11.7 Å². The first-order valence-corrected chi connectivity index (χ1v) is 8.25. The largest absolute Gasteiger partial charge is 0.573 e. The topological polar surface area (TPSA) is 63.2 Å². The van der Waals surface area contributed by atoms with Gasteiger partial charge in [-0.25, -0.2) is 4.98 Å². The Balaban J connectivity index is 1.69. The number of pyridine rings is 1. The fraction of sp³-hybridized carbons (Fsp3) is 0.100. The molecule has 0 saturated carbocycles. The summed E-state index contributed by atoms with van der Waals surface area (Å²) >= 11 is 0. The van der Waals surface area contributed by atoms with Crippen LogP contribution >= 0.6 is 0 Å². The Morgan fingerprint density at radius 2 is 1.71 bits per heavy atom. The van der Waals surface area contributed by atoms with Crippen molar-refractivity contribution in [3.8, 4) is 16.9 Å². The Labute approximate surface area is 159 Å². The second-order valence-corrected chi connectivity index (χ2v) is 5.89. The van der Waals surface area contributed by atoms with Crippen molar-refractivity contribution in [3.63, 3.8) is 0 Å². The lowest BCUT2D eigenvalue weighted by atomic mass is 10.1. The van der Waals surface area contributed by atoms with Gasteiger partial charge in [0.1, 0.15) is 11.6 Å². The Morgan fingerprint density at radius 1 is 0.964 bits per heavy atom. The molecular formula is C20H16F3N3O2. The van der Waals surface area contributed by atoms with Crippen LogP contribution in [0.1, 0.15) is 6.92 Å². The van der Waals surface area contributed by atoms with Gasteiger partial charge in [-0.1, -0.05) is 12.1 Å². The van der Waals surface area contributed by atoms with E-state index in [1.807, 2.05) is 24.3 Å². The van der Waals surface area contributed by atoms with Crippen LogP contribution in [0.2, 0.25) is 0 Å². The minimum Gasteiger partial charge on any atom is -0.406 e. The van der Waals surface area contributed by atoms with Crippen LogP contribution in [0.25, 0.3) is 11.1 Å². The second kappa shape index (κ2) is 7.99. The maximum absolute atomic E-state index is 12.2. The minimum absolute atomic E-state index is 0.151. The van der Waals surface area contributed by atoms with E-state index in [2.05, 4.69) is 20.4 Å². The number of carbonyl (C=O) groups excluding carboxylic acids is 1. The summed E-state index contributed by atoms with van der Waals surface area (Å²) < 4.78 is 40.4. The second-order valence-electron chi connectivity index (χ2n) is 5.89. The van der Waals surface area contributed by atoms with Crippen LogP contribution in [0.4, 0.5) is 30.4 Å². The third-order valence-corrected chi connectivity index (χ3v) is 3.64. The van der Waals surface area contributed by atoms with E-state index in [1.165, 1.54) is 31.2 Å². The van der Waals surface area contributed by atoms with Gasteiger partial charge in [-0.15, -0.1) is 13.2 Å². The van der Waals surface area contributed by atoms with Crippen molar-refractivity contribution in [2.75, 3.05) is 10.6 Å². The molecular weight excluding hydrogens is 371 g/mol. The molecule has 1 aromatic heterocycles. The van der Waals surface area contributed by atoms with Gasteiger partial charge >= 0.3 is 6.36 Å². The summed E-state index contributed by atoms with van der Waals surface area (Å²) in [6.45, 7) is 1.44. The lowest BCUT2D eigenvalue weighted by Crippen LogP contribution is -2.16. The first kappa shape index (κ1) is 19.2. The van der Waals surface area contributed by atoms with Gasteiger partial charge in [0, 0.05) is 30.1 Å². The normalized spacial score (nSPS) is 11.0. The van der Waals surface area contributed by atoms with Gasteiger partial charge in [0.2, 0.25) is 5.91 Å². The first-order chi connectivity index (χ1) is 13.3. The van der Waals surface area contributed by atoms with Crippen molar-refractivity contribution in [1.82, 2.24) is 4.98 Å². The molecule has 2 aromatic carbocycles. The molecule has 0 aliphatic heterocycles. The van der Waals surface area contributed by atoms with Gasteiger partial charge < -0.3 is 15.4 Å². The van der Waals surface area contributed by atoms with Crippen molar-refractivity contribution in [2.24, 2.45) is 0 Å². The summed E-state index contributed by atoms with van der Waals surface area (Å²) in [5.74, 6) is 0.0909. The van der Waals surface area contributed by atoms with Crippen molar-refractivity contribution in [3.05, 3.63) is 66.9 Å². The molecule has 3 rings (SSSR count). The fourth-order valence-corrected chi connectivity index (χ4v) is 2.51. The Hall–Kier alpha value is -3.55. The molecule has 8 heteroatoms. The van der Waals surface area contributed by atoms with E-state index < -0.39 is 6.36 Å². The summed E-state index contributed by atoms with van der Waals surface area (Å²) in [7, 11) is 0. The standard InChI is InChI=1S/C20H16F3N3O2/c1-13(27)25-17-4-2-3-14(11-17)15-5-10-19(24-12-15)26-16-6-8-18(9-7-16)28-20(21,22)23/h2-12H,1H3,(H,24,26)(H,25,27). The summed E-state index contributed by atoms with van der Waals surface area (Å²) in [6.07, 6.45) is -3.06. The lowest BCUT2D eigenvalue weighted by molar-refractivity contribution is -0.274. The molecule has 0 aliphatic carbocycles. The molecule has 0 spiro atoms. The van der Waals surface area contributed by atoms with Gasteiger partial charge in [-0.3, -0.25) is 4.79 Å². The van der Waals surface area contributed by atoms with Crippen LogP contribution in [0, 0.1) is 0 Å². The number of rotatable bonds is 5. The van der Waals surface area contributed by atoms with Crippen molar-refractivity contribution >= 4 is 23.1 Å². The lowest BCUT2D eigenvalue weighted by Gasteiger charge is -2.10. The van der Waals surface area contributed by atoms with Crippen LogP contribution in [0.15, 0.2) is 66.9 Å². The number of aromatic nitrogens is 1. The van der Waals surface area contributed by atoms with Crippen LogP contribution in [0.3, 0.4) is 0 Å². The quantitative estimate of drug-likeness (QED) is 0.620. The van der Waals surface area contributed by atoms with Crippen molar-refractivity contribution in [1.29, 1.82) is 0 Å². The number of amides is 1. The number of carbonyl (C=O) groups is 1. The summed E-state index contributed by atoms with van der Waals surface area (Å²) in [6, 6.07) is 16.3. The third-order valence-electron chi connectivity index (χ3n) is 3.64. The molecule has 1 amide bonds. The third kappa shape index (κ3) is 5.47. The van der Waals surface area contributed by atoms with Crippen LogP contribution in [0.5, 0.6) is 5.75 Å². The SMILES string of the molecule is CC(=O)Nc1cccc(-c2ccc(Nc3ccc(OC(F)(F)F)cc3)nc2)c1. The molecule has 2 N–H and O–H groups in total. The maximum Gasteiger partial charge on any atom is 0.573 e. The molecule has 5 nitrogen and oxygen atoms in total. The summed E-state index contributed by atoms with van der Waals surface area (Å²) in [5.41, 5.74) is 3.00. The predicted octanol–water partition coefficient (Wildman–Crippen LogP) is 5.35. The molecule has 3 aromatic rings. The van der Waals surface area contributed by atoms with E-state index in [0.717, 1.165) is 11.1 Å². The maximum atomic E-state index is 12.2. The number of hydrogen-bond donors (Lipinski definition) is 2. The fourth-order valence-electron chi connectivity index (χ4n) is 2.51. The zero-order valence-electron chi connectivity index (χ0n) is 14.7. The summed E-state index contributed by atoms with van der Waals surface area (Å²) in [4.78, 5) is 15.5. The number of nitrogens with one attached hydrogen (secondary N) is 2. The molecule has 1 heterocycles. The van der Waals surface area contributed by atoms with Gasteiger partial charge in [0.25, 0.3) is 0 Å². The van der Waals surface area contributed by atoms with E-state index in [0.29, 0.717) is 17.2 Å². The highest BCUT2D eigenvalue weighted by molar-refractivity contribution is 5.89. The highest BCUT2D eigenvalue weighted by Crippen LogP contribution is 2.26. The monoisotopic (exact) mass is 387 g/mol. The summed E-state index contributed by atoms with van der Waals surface area (Å²) in [5, 5.41) is 5.73. The molecule has 0 aliphatic rings. The molecule has 0 saturated heterocycles. The number of nitrogens with zero attached hydrogens (tertiary/aromatic N) is 1. The average Bonchev–Trinajstić information content (AvgIpc) is 2.62. The highest BCUT2D eigenvalue weighted by Gasteiger charge is 2.30. The van der Waals surface area contributed by atoms with Gasteiger partial charge in [-0.2, -0.15) is 0 Å². The van der Waals surface area contributed by atoms with Crippen LogP contribution in [-0.4, -0.2) is 17.3 Å². The molecule has 28 heavy (non-hydrogen) atoms. The molecule has 0 unspecified atom stereocenters. The van der Waals surface area contributed by atoms with Gasteiger partial charge in [-0.05, 0) is 54.1 Å². The van der Waals surface area contributed by atoms with E-state index in [9.17, 15) is 18.0 Å². The molecule has 0 atom stereocenters.